The van der Waals surface area contributed by atoms with Gasteiger partial charge in [0, 0.05) is 24.6 Å². The Hall–Kier alpha value is -3.71. The summed E-state index contributed by atoms with van der Waals surface area (Å²) >= 11 is 0. The molecule has 1 heterocycles. The van der Waals surface area contributed by atoms with Crippen LogP contribution in [0.5, 0.6) is 0 Å². The van der Waals surface area contributed by atoms with Crippen LogP contribution in [-0.2, 0) is 14.3 Å². The number of carboxylic acid groups (broad SMARTS) is 2. The lowest BCUT2D eigenvalue weighted by molar-refractivity contribution is -0.192. The average Bonchev–Trinajstić information content (AvgIpc) is 3.34. The van der Waals surface area contributed by atoms with Crippen molar-refractivity contribution in [1.82, 2.24) is 10.5 Å². The van der Waals surface area contributed by atoms with Crippen LogP contribution in [0.1, 0.15) is 56.1 Å². The van der Waals surface area contributed by atoms with Gasteiger partial charge < -0.3 is 30.5 Å². The first-order valence-electron chi connectivity index (χ1n) is 11.8. The fourth-order valence-electron chi connectivity index (χ4n) is 3.80. The first-order valence-corrected chi connectivity index (χ1v) is 11.8. The van der Waals surface area contributed by atoms with Gasteiger partial charge in [0.05, 0.1) is 23.8 Å². The standard InChI is InChI=1S/C23H29N3O5.C2HF3O2/c1-4-17(5-2)30-21-11-16(10-18(24)22(21)25-13(3)27)19-12-20(31-26-19)14-7-6-8-15(9-14)23(28)29;3-2(4,5)1(6)7/h6-9,11-12,17-18,21-22H,4-5,10,24H2,1-3H3,(H,25,27)(H,28,29);(H,6,7)/t18-,21+,22+;/m0./s1. The van der Waals surface area contributed by atoms with Crippen LogP contribution in [-0.4, -0.2) is 63.7 Å². The van der Waals surface area contributed by atoms with Crippen molar-refractivity contribution >= 4 is 23.4 Å². The van der Waals surface area contributed by atoms with Crippen molar-refractivity contribution < 1.29 is 47.0 Å². The Bertz CT molecular complexity index is 1160. The first-order chi connectivity index (χ1) is 17.8. The number of alkyl halides is 3. The Morgan fingerprint density at radius 2 is 1.84 bits per heavy atom. The van der Waals surface area contributed by atoms with E-state index in [1.807, 2.05) is 6.08 Å². The second-order valence-corrected chi connectivity index (χ2v) is 8.59. The van der Waals surface area contributed by atoms with Crippen LogP contribution in [0.15, 0.2) is 40.9 Å². The van der Waals surface area contributed by atoms with Crippen LogP contribution >= 0.6 is 0 Å². The number of nitrogens with zero attached hydrogens (tertiary/aromatic N) is 1. The van der Waals surface area contributed by atoms with Gasteiger partial charge in [0.25, 0.3) is 0 Å². The van der Waals surface area contributed by atoms with Gasteiger partial charge in [-0.2, -0.15) is 13.2 Å². The van der Waals surface area contributed by atoms with Crippen LogP contribution < -0.4 is 11.1 Å². The number of aromatic nitrogens is 1. The second-order valence-electron chi connectivity index (χ2n) is 8.59. The Labute approximate surface area is 216 Å². The quantitative estimate of drug-likeness (QED) is 0.388. The number of aromatic carboxylic acids is 1. The number of carbonyl (C=O) groups is 3. The van der Waals surface area contributed by atoms with Gasteiger partial charge in [-0.1, -0.05) is 31.1 Å². The molecule has 5 N–H and O–H groups in total. The SMILES string of the molecule is CCC(CC)O[C@@H]1C=C(c2cc(-c3cccc(C(=O)O)c3)on2)C[C@H](N)[C@H]1NC(C)=O.O=C(O)C(F)(F)F. The molecule has 1 aromatic heterocycles. The predicted molar refractivity (Wildman–Crippen MR) is 130 cm³/mol. The summed E-state index contributed by atoms with van der Waals surface area (Å²) in [5, 5.41) is 23.4. The van der Waals surface area contributed by atoms with E-state index < -0.39 is 18.1 Å². The van der Waals surface area contributed by atoms with Gasteiger partial charge in [0.1, 0.15) is 5.69 Å². The zero-order valence-electron chi connectivity index (χ0n) is 21.0. The molecule has 0 saturated heterocycles. The van der Waals surface area contributed by atoms with Crippen molar-refractivity contribution in [2.24, 2.45) is 5.73 Å². The monoisotopic (exact) mass is 541 g/mol. The van der Waals surface area contributed by atoms with Gasteiger partial charge in [0.2, 0.25) is 5.91 Å². The number of hydrogen-bond acceptors (Lipinski definition) is 7. The van der Waals surface area contributed by atoms with Gasteiger partial charge in [0.15, 0.2) is 5.76 Å². The van der Waals surface area contributed by atoms with Crippen molar-refractivity contribution in [3.63, 3.8) is 0 Å². The van der Waals surface area contributed by atoms with E-state index >= 15 is 0 Å². The molecule has 2 aromatic rings. The van der Waals surface area contributed by atoms with Gasteiger partial charge in [-0.25, -0.2) is 9.59 Å². The van der Waals surface area contributed by atoms with Crippen LogP contribution in [0, 0.1) is 0 Å². The highest BCUT2D eigenvalue weighted by Gasteiger charge is 2.38. The van der Waals surface area contributed by atoms with E-state index in [1.54, 1.807) is 24.3 Å². The van der Waals surface area contributed by atoms with Crippen molar-refractivity contribution in [3.05, 3.63) is 47.7 Å². The zero-order chi connectivity index (χ0) is 28.6. The lowest BCUT2D eigenvalue weighted by Gasteiger charge is -2.36. The molecule has 0 bridgehead atoms. The third kappa shape index (κ3) is 8.42. The average molecular weight is 542 g/mol. The summed E-state index contributed by atoms with van der Waals surface area (Å²) in [6.07, 6.45) is -1.26. The van der Waals surface area contributed by atoms with Crippen molar-refractivity contribution in [1.29, 1.82) is 0 Å². The molecule has 0 spiro atoms. The van der Waals surface area contributed by atoms with E-state index in [2.05, 4.69) is 24.3 Å². The van der Waals surface area contributed by atoms with E-state index in [4.69, 9.17) is 24.9 Å². The van der Waals surface area contributed by atoms with Crippen LogP contribution in [0.3, 0.4) is 0 Å². The minimum atomic E-state index is -5.08. The van der Waals surface area contributed by atoms with E-state index in [-0.39, 0.29) is 35.8 Å². The molecule has 1 amide bonds. The number of hydrogen-bond donors (Lipinski definition) is 4. The van der Waals surface area contributed by atoms with Gasteiger partial charge in [-0.05, 0) is 43.0 Å². The number of aliphatic carboxylic acids is 1. The number of ether oxygens (including phenoxy) is 1. The number of amides is 1. The van der Waals surface area contributed by atoms with Crippen molar-refractivity contribution in [3.8, 4) is 11.3 Å². The van der Waals surface area contributed by atoms with Crippen LogP contribution in [0.25, 0.3) is 16.9 Å². The normalized spacial score (nSPS) is 19.3. The van der Waals surface area contributed by atoms with Gasteiger partial charge in [-0.15, -0.1) is 0 Å². The molecule has 13 heteroatoms. The number of nitrogens with one attached hydrogen (secondary N) is 1. The van der Waals surface area contributed by atoms with Crippen molar-refractivity contribution in [2.75, 3.05) is 0 Å². The lowest BCUT2D eigenvalue weighted by atomic mass is 9.86. The molecule has 0 unspecified atom stereocenters. The summed E-state index contributed by atoms with van der Waals surface area (Å²) in [6.45, 7) is 5.59. The Balaban J connectivity index is 0.000000638. The number of carboxylic acids is 2. The van der Waals surface area contributed by atoms with E-state index in [1.165, 1.54) is 13.0 Å². The number of halogens is 3. The molecule has 1 aliphatic carbocycles. The lowest BCUT2D eigenvalue weighted by Crippen LogP contribution is -2.56. The third-order valence-electron chi connectivity index (χ3n) is 5.74. The Morgan fingerprint density at radius 1 is 1.21 bits per heavy atom. The first kappa shape index (κ1) is 30.5. The topological polar surface area (TPSA) is 165 Å². The molecule has 38 heavy (non-hydrogen) atoms. The fourth-order valence-corrected chi connectivity index (χ4v) is 3.80. The van der Waals surface area contributed by atoms with E-state index in [9.17, 15) is 27.9 Å². The molecule has 3 atom stereocenters. The zero-order valence-corrected chi connectivity index (χ0v) is 21.0. The summed E-state index contributed by atoms with van der Waals surface area (Å²) in [4.78, 5) is 31.8. The molecule has 10 nitrogen and oxygen atoms in total. The fraction of sp³-hybridized carbons (Fsp3) is 0.440. The highest BCUT2D eigenvalue weighted by Crippen LogP contribution is 2.31. The van der Waals surface area contributed by atoms with E-state index in [0.29, 0.717) is 23.4 Å². The molecule has 1 aromatic carbocycles. The minimum absolute atomic E-state index is 0.0516. The summed E-state index contributed by atoms with van der Waals surface area (Å²) in [5.74, 6) is -3.45. The summed E-state index contributed by atoms with van der Waals surface area (Å²) in [5.41, 5.74) is 8.70. The second kappa shape index (κ2) is 13.2. The summed E-state index contributed by atoms with van der Waals surface area (Å²) in [7, 11) is 0. The number of rotatable bonds is 8. The number of benzene rings is 1. The Kier molecular flexibility index (Phi) is 10.6. The number of carbonyl (C=O) groups excluding carboxylic acids is 1. The molecule has 0 saturated carbocycles. The molecule has 0 aliphatic heterocycles. The largest absolute Gasteiger partial charge is 0.490 e. The molecule has 0 radical (unpaired) electrons. The smallest absolute Gasteiger partial charge is 0.478 e. The van der Waals surface area contributed by atoms with Gasteiger partial charge in [-0.3, -0.25) is 4.79 Å². The molecular formula is C25H30F3N3O7. The Morgan fingerprint density at radius 3 is 2.37 bits per heavy atom. The van der Waals surface area contributed by atoms with Crippen molar-refractivity contribution in [2.45, 2.75) is 70.5 Å². The highest BCUT2D eigenvalue weighted by atomic mass is 19.4. The van der Waals surface area contributed by atoms with Gasteiger partial charge >= 0.3 is 18.1 Å². The highest BCUT2D eigenvalue weighted by molar-refractivity contribution is 5.89. The van der Waals surface area contributed by atoms with E-state index in [0.717, 1.165) is 18.4 Å². The molecule has 3 rings (SSSR count). The molecule has 1 aliphatic rings. The predicted octanol–water partition coefficient (Wildman–Crippen LogP) is 3.87. The molecule has 208 valence electrons. The third-order valence-corrected chi connectivity index (χ3v) is 5.74. The maximum absolute atomic E-state index is 11.7. The van der Waals surface area contributed by atoms with Crippen LogP contribution in [0.2, 0.25) is 0 Å². The summed E-state index contributed by atoms with van der Waals surface area (Å²) < 4.78 is 43.5. The minimum Gasteiger partial charge on any atom is -0.478 e. The van der Waals surface area contributed by atoms with Crippen LogP contribution in [0.4, 0.5) is 13.2 Å². The number of nitrogens with two attached hydrogens (primary N) is 1. The maximum atomic E-state index is 11.7. The maximum Gasteiger partial charge on any atom is 0.490 e. The molecular weight excluding hydrogens is 511 g/mol. The summed E-state index contributed by atoms with van der Waals surface area (Å²) in [6, 6.07) is 7.58. The molecule has 0 fully saturated rings.